The molecular formula is C15H17N3. The Bertz CT molecular complexity index is 584. The van der Waals surface area contributed by atoms with Crippen LogP contribution >= 0.6 is 0 Å². The number of hydrogen-bond donors (Lipinski definition) is 1. The van der Waals surface area contributed by atoms with Crippen molar-refractivity contribution in [2.24, 2.45) is 0 Å². The van der Waals surface area contributed by atoms with Crippen LogP contribution in [0.3, 0.4) is 0 Å². The van der Waals surface area contributed by atoms with Gasteiger partial charge in [-0.15, -0.1) is 0 Å². The molecule has 2 aromatic carbocycles. The van der Waals surface area contributed by atoms with E-state index in [-0.39, 0.29) is 0 Å². The van der Waals surface area contributed by atoms with Crippen LogP contribution in [-0.4, -0.2) is 27.2 Å². The van der Waals surface area contributed by atoms with Crippen molar-refractivity contribution in [2.45, 2.75) is 0 Å². The van der Waals surface area contributed by atoms with Crippen LogP contribution in [0.4, 0.5) is 5.69 Å². The van der Waals surface area contributed by atoms with E-state index in [1.165, 1.54) is 5.69 Å². The van der Waals surface area contributed by atoms with Crippen LogP contribution in [-0.2, 0) is 0 Å². The molecular weight excluding hydrogens is 222 g/mol. The van der Waals surface area contributed by atoms with Gasteiger partial charge in [-0.05, 0) is 19.2 Å². The highest BCUT2D eigenvalue weighted by Crippen LogP contribution is 2.28. The number of anilines is 1. The molecule has 0 radical (unpaired) electrons. The second kappa shape index (κ2) is 5.52. The van der Waals surface area contributed by atoms with Crippen molar-refractivity contribution in [2.75, 3.05) is 32.1 Å². The molecule has 0 spiro atoms. The zero-order chi connectivity index (χ0) is 13.0. The summed E-state index contributed by atoms with van der Waals surface area (Å²) in [5.74, 6) is 0. The molecule has 3 nitrogen and oxygen atoms in total. The molecule has 0 amide bonds. The average Bonchev–Trinajstić information content (AvgIpc) is 2.43. The van der Waals surface area contributed by atoms with Crippen molar-refractivity contribution in [3.63, 3.8) is 0 Å². The molecule has 0 saturated heterocycles. The van der Waals surface area contributed by atoms with Crippen molar-refractivity contribution >= 4 is 16.5 Å². The maximum Gasteiger partial charge on any atom is 0.0998 e. The van der Waals surface area contributed by atoms with E-state index in [0.717, 1.165) is 29.4 Å². The van der Waals surface area contributed by atoms with E-state index in [1.54, 1.807) is 0 Å². The molecule has 92 valence electrons. The molecule has 0 saturated carbocycles. The van der Waals surface area contributed by atoms with Gasteiger partial charge in [-0.1, -0.05) is 24.3 Å². The summed E-state index contributed by atoms with van der Waals surface area (Å²) in [6.45, 7) is 1.87. The number of nitrogens with zero attached hydrogens (tertiary/aromatic N) is 2. The van der Waals surface area contributed by atoms with Crippen LogP contribution < -0.4 is 10.2 Å². The Labute approximate surface area is 108 Å². The molecule has 0 fully saturated rings. The number of nitriles is 1. The molecule has 2 rings (SSSR count). The van der Waals surface area contributed by atoms with Gasteiger partial charge in [0.25, 0.3) is 0 Å². The first-order valence-electron chi connectivity index (χ1n) is 6.05. The third kappa shape index (κ3) is 2.29. The standard InChI is InChI=1S/C15H17N3/c1-17-9-10-18(2)15-8-7-12(11-16)13-5-3-4-6-14(13)15/h3-8,17H,9-10H2,1-2H3. The number of rotatable bonds is 4. The quantitative estimate of drug-likeness (QED) is 0.890. The molecule has 0 aliphatic carbocycles. The van der Waals surface area contributed by atoms with Gasteiger partial charge in [0.2, 0.25) is 0 Å². The minimum absolute atomic E-state index is 0.733. The van der Waals surface area contributed by atoms with E-state index in [9.17, 15) is 0 Å². The van der Waals surface area contributed by atoms with Crippen LogP contribution in [0.15, 0.2) is 36.4 Å². The van der Waals surface area contributed by atoms with Gasteiger partial charge < -0.3 is 10.2 Å². The summed E-state index contributed by atoms with van der Waals surface area (Å²) < 4.78 is 0. The van der Waals surface area contributed by atoms with Crippen molar-refractivity contribution in [3.05, 3.63) is 42.0 Å². The Morgan fingerprint density at radius 2 is 1.89 bits per heavy atom. The molecule has 0 aromatic heterocycles. The second-order valence-corrected chi connectivity index (χ2v) is 4.31. The highest BCUT2D eigenvalue weighted by molar-refractivity contribution is 5.97. The molecule has 3 heteroatoms. The number of benzene rings is 2. The minimum atomic E-state index is 0.733. The monoisotopic (exact) mass is 239 g/mol. The van der Waals surface area contributed by atoms with Gasteiger partial charge >= 0.3 is 0 Å². The summed E-state index contributed by atoms with van der Waals surface area (Å²) in [5, 5.41) is 14.4. The Balaban J connectivity index is 2.50. The van der Waals surface area contributed by atoms with Crippen molar-refractivity contribution in [1.29, 1.82) is 5.26 Å². The highest BCUT2D eigenvalue weighted by Gasteiger charge is 2.08. The lowest BCUT2D eigenvalue weighted by Crippen LogP contribution is -2.27. The summed E-state index contributed by atoms with van der Waals surface area (Å²) in [5.41, 5.74) is 1.90. The summed E-state index contributed by atoms with van der Waals surface area (Å²) >= 11 is 0. The zero-order valence-corrected chi connectivity index (χ0v) is 10.8. The Kier molecular flexibility index (Phi) is 3.81. The number of nitrogens with one attached hydrogen (secondary N) is 1. The maximum absolute atomic E-state index is 9.13. The lowest BCUT2D eigenvalue weighted by atomic mass is 10.0. The van der Waals surface area contributed by atoms with Gasteiger partial charge in [-0.3, -0.25) is 0 Å². The van der Waals surface area contributed by atoms with Gasteiger partial charge in [0.1, 0.15) is 0 Å². The molecule has 0 atom stereocenters. The Morgan fingerprint density at radius 1 is 1.17 bits per heavy atom. The largest absolute Gasteiger partial charge is 0.373 e. The van der Waals surface area contributed by atoms with E-state index >= 15 is 0 Å². The molecule has 0 aliphatic rings. The molecule has 2 aromatic rings. The fourth-order valence-electron chi connectivity index (χ4n) is 2.11. The molecule has 1 N–H and O–H groups in total. The van der Waals surface area contributed by atoms with E-state index in [1.807, 2.05) is 37.4 Å². The molecule has 18 heavy (non-hydrogen) atoms. The normalized spacial score (nSPS) is 10.3. The minimum Gasteiger partial charge on any atom is -0.373 e. The lowest BCUT2D eigenvalue weighted by Gasteiger charge is -2.21. The van der Waals surface area contributed by atoms with E-state index in [0.29, 0.717) is 0 Å². The maximum atomic E-state index is 9.13. The number of likely N-dealkylation sites (N-methyl/N-ethyl adjacent to an activating group) is 2. The van der Waals surface area contributed by atoms with Crippen molar-refractivity contribution in [3.8, 4) is 6.07 Å². The SMILES string of the molecule is CNCCN(C)c1ccc(C#N)c2ccccc12. The van der Waals surface area contributed by atoms with Gasteiger partial charge in [0.15, 0.2) is 0 Å². The number of fused-ring (bicyclic) bond motifs is 1. The summed E-state index contributed by atoms with van der Waals surface area (Å²) in [6, 6.07) is 14.2. The van der Waals surface area contributed by atoms with Crippen LogP contribution in [0.25, 0.3) is 10.8 Å². The van der Waals surface area contributed by atoms with E-state index in [2.05, 4.69) is 29.4 Å². The van der Waals surface area contributed by atoms with E-state index < -0.39 is 0 Å². The fourth-order valence-corrected chi connectivity index (χ4v) is 2.11. The van der Waals surface area contributed by atoms with E-state index in [4.69, 9.17) is 5.26 Å². The van der Waals surface area contributed by atoms with Crippen LogP contribution in [0, 0.1) is 11.3 Å². The molecule has 0 aliphatic heterocycles. The first kappa shape index (κ1) is 12.4. The smallest absolute Gasteiger partial charge is 0.0998 e. The second-order valence-electron chi connectivity index (χ2n) is 4.31. The summed E-state index contributed by atoms with van der Waals surface area (Å²) in [6.07, 6.45) is 0. The van der Waals surface area contributed by atoms with Crippen LogP contribution in [0.5, 0.6) is 0 Å². The number of hydrogen-bond acceptors (Lipinski definition) is 3. The topological polar surface area (TPSA) is 39.1 Å². The van der Waals surface area contributed by atoms with Gasteiger partial charge in [-0.25, -0.2) is 0 Å². The highest BCUT2D eigenvalue weighted by atomic mass is 15.1. The summed E-state index contributed by atoms with van der Waals surface area (Å²) in [7, 11) is 4.02. The van der Waals surface area contributed by atoms with Crippen molar-refractivity contribution in [1.82, 2.24) is 5.32 Å². The predicted octanol–water partition coefficient (Wildman–Crippen LogP) is 2.37. The Hall–Kier alpha value is -2.05. The molecule has 0 bridgehead atoms. The third-order valence-corrected chi connectivity index (χ3v) is 3.13. The first-order chi connectivity index (χ1) is 8.77. The fraction of sp³-hybridized carbons (Fsp3) is 0.267. The van der Waals surface area contributed by atoms with Crippen molar-refractivity contribution < 1.29 is 0 Å². The predicted molar refractivity (Wildman–Crippen MR) is 75.9 cm³/mol. The van der Waals surface area contributed by atoms with Crippen LogP contribution in [0.2, 0.25) is 0 Å². The Morgan fingerprint density at radius 3 is 2.56 bits per heavy atom. The van der Waals surface area contributed by atoms with Gasteiger partial charge in [0.05, 0.1) is 11.6 Å². The lowest BCUT2D eigenvalue weighted by molar-refractivity contribution is 0.769. The first-order valence-corrected chi connectivity index (χ1v) is 6.05. The molecule has 0 heterocycles. The third-order valence-electron chi connectivity index (χ3n) is 3.13. The zero-order valence-electron chi connectivity index (χ0n) is 10.8. The molecule has 0 unspecified atom stereocenters. The van der Waals surface area contributed by atoms with Gasteiger partial charge in [0, 0.05) is 36.6 Å². The summed E-state index contributed by atoms with van der Waals surface area (Å²) in [4.78, 5) is 2.21. The average molecular weight is 239 g/mol. The van der Waals surface area contributed by atoms with Gasteiger partial charge in [-0.2, -0.15) is 5.26 Å². The van der Waals surface area contributed by atoms with Crippen LogP contribution in [0.1, 0.15) is 5.56 Å².